The molecule has 96 valence electrons. The first kappa shape index (κ1) is 13.5. The Hall–Kier alpha value is -0.910. The summed E-state index contributed by atoms with van der Waals surface area (Å²) in [5, 5.41) is 12.0. The molecular weight excluding hydrogens is 264 g/mol. The van der Waals surface area contributed by atoms with Gasteiger partial charge in [-0.15, -0.1) is 11.3 Å². The van der Waals surface area contributed by atoms with Crippen molar-refractivity contribution in [1.82, 2.24) is 9.97 Å². The van der Waals surface area contributed by atoms with Crippen molar-refractivity contribution in [3.05, 3.63) is 35.5 Å². The second-order valence-corrected chi connectivity index (χ2v) is 6.05. The fourth-order valence-corrected chi connectivity index (χ4v) is 3.28. The van der Waals surface area contributed by atoms with Crippen molar-refractivity contribution in [3.8, 4) is 10.7 Å². The maximum atomic E-state index is 8.95. The topological polar surface area (TPSA) is 46.0 Å². The Bertz CT molecular complexity index is 473. The molecule has 3 nitrogen and oxygen atoms in total. The van der Waals surface area contributed by atoms with E-state index in [-0.39, 0.29) is 6.61 Å². The quantitative estimate of drug-likeness (QED) is 0.883. The van der Waals surface area contributed by atoms with Crippen molar-refractivity contribution in [2.45, 2.75) is 12.7 Å². The van der Waals surface area contributed by atoms with Gasteiger partial charge in [-0.05, 0) is 23.8 Å². The number of hydrogen-bond acceptors (Lipinski definition) is 5. The molecule has 2 heterocycles. The van der Waals surface area contributed by atoms with Gasteiger partial charge in [-0.1, -0.05) is 13.0 Å². The summed E-state index contributed by atoms with van der Waals surface area (Å²) in [4.78, 5) is 8.87. The van der Waals surface area contributed by atoms with Gasteiger partial charge in [0.05, 0.1) is 11.4 Å². The predicted octanol–water partition coefficient (Wildman–Crippen LogP) is 3.07. The van der Waals surface area contributed by atoms with E-state index < -0.39 is 0 Å². The molecule has 5 heteroatoms. The van der Waals surface area contributed by atoms with E-state index in [2.05, 4.69) is 15.3 Å². The third-order valence-electron chi connectivity index (χ3n) is 2.40. The highest BCUT2D eigenvalue weighted by Crippen LogP contribution is 2.24. The number of hydrogen-bond donors (Lipinski definition) is 1. The van der Waals surface area contributed by atoms with Crippen LogP contribution in [0, 0.1) is 5.92 Å². The molecule has 0 spiro atoms. The molecule has 0 bridgehead atoms. The third kappa shape index (κ3) is 3.80. The van der Waals surface area contributed by atoms with Crippen molar-refractivity contribution in [3.63, 3.8) is 0 Å². The summed E-state index contributed by atoms with van der Waals surface area (Å²) in [7, 11) is 0. The summed E-state index contributed by atoms with van der Waals surface area (Å²) >= 11 is 3.44. The van der Waals surface area contributed by atoms with E-state index >= 15 is 0 Å². The maximum Gasteiger partial charge on any atom is 0.142 e. The molecule has 1 atom stereocenters. The fraction of sp³-hybridized carbons (Fsp3) is 0.385. The lowest BCUT2D eigenvalue weighted by Gasteiger charge is -2.05. The average molecular weight is 280 g/mol. The summed E-state index contributed by atoms with van der Waals surface area (Å²) in [6.45, 7) is 2.30. The maximum absolute atomic E-state index is 8.95. The number of pyridine rings is 1. The second kappa shape index (κ2) is 6.87. The first-order valence-electron chi connectivity index (χ1n) is 5.84. The Morgan fingerprint density at radius 2 is 2.33 bits per heavy atom. The highest BCUT2D eigenvalue weighted by molar-refractivity contribution is 7.98. The van der Waals surface area contributed by atoms with Crippen molar-refractivity contribution >= 4 is 23.1 Å². The average Bonchev–Trinajstić information content (AvgIpc) is 2.88. The van der Waals surface area contributed by atoms with Crippen LogP contribution in [0.5, 0.6) is 0 Å². The van der Waals surface area contributed by atoms with Gasteiger partial charge in [-0.2, -0.15) is 11.8 Å². The third-order valence-corrected chi connectivity index (χ3v) is 4.62. The zero-order valence-electron chi connectivity index (χ0n) is 10.2. The molecule has 2 rings (SSSR count). The first-order chi connectivity index (χ1) is 8.79. The number of aliphatic hydroxyl groups excluding tert-OH is 1. The smallest absolute Gasteiger partial charge is 0.142 e. The molecular formula is C13H16N2OS2. The van der Waals surface area contributed by atoms with Gasteiger partial charge < -0.3 is 5.11 Å². The molecule has 1 N–H and O–H groups in total. The van der Waals surface area contributed by atoms with Crippen LogP contribution in [0.3, 0.4) is 0 Å². The summed E-state index contributed by atoms with van der Waals surface area (Å²) in [5.41, 5.74) is 2.03. The van der Waals surface area contributed by atoms with E-state index in [1.54, 1.807) is 17.5 Å². The van der Waals surface area contributed by atoms with Crippen LogP contribution >= 0.6 is 23.1 Å². The van der Waals surface area contributed by atoms with E-state index in [9.17, 15) is 0 Å². The second-order valence-electron chi connectivity index (χ2n) is 4.16. The lowest BCUT2D eigenvalue weighted by Crippen LogP contribution is -2.03. The minimum absolute atomic E-state index is 0.253. The molecule has 0 radical (unpaired) electrons. The van der Waals surface area contributed by atoms with Gasteiger partial charge in [0.25, 0.3) is 0 Å². The summed E-state index contributed by atoms with van der Waals surface area (Å²) in [5.74, 6) is 2.21. The van der Waals surface area contributed by atoms with Gasteiger partial charge in [0.2, 0.25) is 0 Å². The van der Waals surface area contributed by atoms with E-state index in [1.165, 1.54) is 0 Å². The molecule has 0 aliphatic heterocycles. The van der Waals surface area contributed by atoms with Crippen molar-refractivity contribution in [1.29, 1.82) is 0 Å². The van der Waals surface area contributed by atoms with Gasteiger partial charge >= 0.3 is 0 Å². The minimum Gasteiger partial charge on any atom is -0.396 e. The van der Waals surface area contributed by atoms with Crippen molar-refractivity contribution < 1.29 is 5.11 Å². The molecule has 0 saturated carbocycles. The summed E-state index contributed by atoms with van der Waals surface area (Å²) in [6, 6.07) is 5.86. The lowest BCUT2D eigenvalue weighted by atomic mass is 10.2. The highest BCUT2D eigenvalue weighted by atomic mass is 32.2. The van der Waals surface area contributed by atoms with Crippen LogP contribution in [0.1, 0.15) is 12.6 Å². The Morgan fingerprint density at radius 1 is 1.44 bits per heavy atom. The van der Waals surface area contributed by atoms with E-state index in [1.807, 2.05) is 36.9 Å². The molecule has 0 amide bonds. The Morgan fingerprint density at radius 3 is 3.06 bits per heavy atom. The number of aliphatic hydroxyl groups is 1. The molecule has 0 aliphatic rings. The number of thioether (sulfide) groups is 1. The molecule has 2 aromatic heterocycles. The van der Waals surface area contributed by atoms with E-state index in [0.29, 0.717) is 5.92 Å². The normalized spacial score (nSPS) is 12.6. The van der Waals surface area contributed by atoms with Gasteiger partial charge in [-0.25, -0.2) is 4.98 Å². The van der Waals surface area contributed by atoms with Crippen LogP contribution in [0.2, 0.25) is 0 Å². The molecule has 18 heavy (non-hydrogen) atoms. The van der Waals surface area contributed by atoms with Crippen LogP contribution in [-0.2, 0) is 5.75 Å². The van der Waals surface area contributed by atoms with Gasteiger partial charge in [-0.3, -0.25) is 4.98 Å². The fourth-order valence-electron chi connectivity index (χ4n) is 1.40. The standard InChI is InChI=1S/C13H16N2OS2/c1-10(6-16)7-17-8-11-9-18-13(15-11)12-4-2-3-5-14-12/h2-5,9-10,16H,6-8H2,1H3. The molecule has 0 saturated heterocycles. The Balaban J connectivity index is 1.91. The van der Waals surface area contributed by atoms with Crippen molar-refractivity contribution in [2.24, 2.45) is 5.92 Å². The minimum atomic E-state index is 0.253. The molecule has 0 fully saturated rings. The Kier molecular flexibility index (Phi) is 5.16. The SMILES string of the molecule is CC(CO)CSCc1csc(-c2ccccn2)n1. The van der Waals surface area contributed by atoms with Crippen LogP contribution in [0.15, 0.2) is 29.8 Å². The van der Waals surface area contributed by atoms with Crippen LogP contribution < -0.4 is 0 Å². The summed E-state index contributed by atoms with van der Waals surface area (Å²) < 4.78 is 0. The van der Waals surface area contributed by atoms with Crippen LogP contribution in [0.4, 0.5) is 0 Å². The van der Waals surface area contributed by atoms with Crippen molar-refractivity contribution in [2.75, 3.05) is 12.4 Å². The molecule has 2 aromatic rings. The number of nitrogens with zero attached hydrogens (tertiary/aromatic N) is 2. The van der Waals surface area contributed by atoms with E-state index in [0.717, 1.165) is 27.9 Å². The highest BCUT2D eigenvalue weighted by Gasteiger charge is 2.06. The zero-order valence-corrected chi connectivity index (χ0v) is 11.9. The molecule has 0 aromatic carbocycles. The predicted molar refractivity (Wildman–Crippen MR) is 77.8 cm³/mol. The summed E-state index contributed by atoms with van der Waals surface area (Å²) in [6.07, 6.45) is 1.79. The largest absolute Gasteiger partial charge is 0.396 e. The van der Waals surface area contributed by atoms with Gasteiger partial charge in [0.1, 0.15) is 5.01 Å². The Labute approximate surface area is 115 Å². The number of aromatic nitrogens is 2. The zero-order chi connectivity index (χ0) is 12.8. The van der Waals surface area contributed by atoms with Crippen LogP contribution in [-0.4, -0.2) is 27.4 Å². The van der Waals surface area contributed by atoms with Crippen LogP contribution in [0.25, 0.3) is 10.7 Å². The molecule has 1 unspecified atom stereocenters. The van der Waals surface area contributed by atoms with Gasteiger partial charge in [0.15, 0.2) is 0 Å². The van der Waals surface area contributed by atoms with Gasteiger partial charge in [0, 0.05) is 23.9 Å². The number of rotatable bonds is 6. The lowest BCUT2D eigenvalue weighted by molar-refractivity contribution is 0.250. The number of thiazole rings is 1. The first-order valence-corrected chi connectivity index (χ1v) is 7.87. The monoisotopic (exact) mass is 280 g/mol. The van der Waals surface area contributed by atoms with E-state index in [4.69, 9.17) is 5.11 Å². The molecule has 0 aliphatic carbocycles.